The summed E-state index contributed by atoms with van der Waals surface area (Å²) in [6.45, 7) is 2.02. The Morgan fingerprint density at radius 3 is 2.86 bits per heavy atom. The van der Waals surface area contributed by atoms with Crippen molar-refractivity contribution in [3.63, 3.8) is 0 Å². The first-order chi connectivity index (χ1) is 6.70. The lowest BCUT2D eigenvalue weighted by Gasteiger charge is -2.03. The minimum absolute atomic E-state index is 0.217. The number of aryl methyl sites for hydroxylation is 1. The molecular weight excluding hydrogens is 198 g/mol. The van der Waals surface area contributed by atoms with Crippen LogP contribution in [0.5, 0.6) is 5.75 Å². The molecule has 0 spiro atoms. The van der Waals surface area contributed by atoms with Gasteiger partial charge in [0.05, 0.1) is 10.5 Å². The van der Waals surface area contributed by atoms with Crippen LogP contribution in [0.4, 0.5) is 0 Å². The van der Waals surface area contributed by atoms with E-state index in [1.54, 1.807) is 18.2 Å². The summed E-state index contributed by atoms with van der Waals surface area (Å²) >= 11 is 6.07. The molecule has 0 unspecified atom stereocenters. The number of halogens is 1. The van der Waals surface area contributed by atoms with E-state index in [2.05, 4.69) is 4.98 Å². The number of rotatable bonds is 1. The van der Waals surface area contributed by atoms with E-state index in [4.69, 9.17) is 11.6 Å². The maximum Gasteiger partial charge on any atom is 0.117 e. The van der Waals surface area contributed by atoms with Gasteiger partial charge in [0.15, 0.2) is 0 Å². The lowest BCUT2D eigenvalue weighted by Crippen LogP contribution is -1.88. The molecule has 2 nitrogen and oxygen atoms in total. The third-order valence-electron chi connectivity index (χ3n) is 2.16. The van der Waals surface area contributed by atoms with Crippen molar-refractivity contribution >= 4 is 22.5 Å². The number of hydrogen-bond donors (Lipinski definition) is 1. The Morgan fingerprint density at radius 1 is 1.36 bits per heavy atom. The Balaban J connectivity index is 2.77. The first-order valence-electron chi connectivity index (χ1n) is 4.49. The minimum atomic E-state index is 0.217. The number of nitrogens with zero attached hydrogens (tertiary/aromatic N) is 1. The molecule has 0 aliphatic rings. The molecule has 3 heteroatoms. The molecule has 0 aliphatic carbocycles. The van der Waals surface area contributed by atoms with Gasteiger partial charge in [0.25, 0.3) is 0 Å². The van der Waals surface area contributed by atoms with Crippen molar-refractivity contribution in [2.45, 2.75) is 13.3 Å². The zero-order chi connectivity index (χ0) is 10.1. The van der Waals surface area contributed by atoms with Gasteiger partial charge in [-0.3, -0.25) is 4.98 Å². The molecule has 1 N–H and O–H groups in total. The summed E-state index contributed by atoms with van der Waals surface area (Å²) in [4.78, 5) is 4.37. The molecule has 0 radical (unpaired) electrons. The van der Waals surface area contributed by atoms with Crippen LogP contribution in [0, 0.1) is 0 Å². The van der Waals surface area contributed by atoms with E-state index < -0.39 is 0 Å². The van der Waals surface area contributed by atoms with Crippen molar-refractivity contribution in [2.24, 2.45) is 0 Å². The van der Waals surface area contributed by atoms with Crippen molar-refractivity contribution in [3.05, 3.63) is 35.0 Å². The molecule has 2 aromatic rings. The van der Waals surface area contributed by atoms with E-state index in [1.807, 2.05) is 13.0 Å². The van der Waals surface area contributed by atoms with Crippen LogP contribution in [0.2, 0.25) is 5.02 Å². The normalized spacial score (nSPS) is 10.7. The smallest absolute Gasteiger partial charge is 0.117 e. The second-order valence-corrected chi connectivity index (χ2v) is 3.56. The van der Waals surface area contributed by atoms with Gasteiger partial charge in [0.2, 0.25) is 0 Å². The highest BCUT2D eigenvalue weighted by Crippen LogP contribution is 2.26. The van der Waals surface area contributed by atoms with Gasteiger partial charge in [-0.15, -0.1) is 0 Å². The molecule has 0 bridgehead atoms. The summed E-state index contributed by atoms with van der Waals surface area (Å²) in [5.41, 5.74) is 1.68. The fraction of sp³-hybridized carbons (Fsp3) is 0.182. The summed E-state index contributed by atoms with van der Waals surface area (Å²) < 4.78 is 0. The molecular formula is C11H10ClNO. The number of phenols is 1. The average molecular weight is 208 g/mol. The monoisotopic (exact) mass is 207 g/mol. The molecule has 0 atom stereocenters. The van der Waals surface area contributed by atoms with Crippen LogP contribution >= 0.6 is 11.6 Å². The van der Waals surface area contributed by atoms with Crippen molar-refractivity contribution in [2.75, 3.05) is 0 Å². The van der Waals surface area contributed by atoms with Crippen molar-refractivity contribution in [3.8, 4) is 5.75 Å². The number of pyridine rings is 1. The van der Waals surface area contributed by atoms with Gasteiger partial charge in [-0.1, -0.05) is 18.5 Å². The first-order valence-corrected chi connectivity index (χ1v) is 4.86. The first kappa shape index (κ1) is 9.28. The van der Waals surface area contributed by atoms with Crippen molar-refractivity contribution in [1.29, 1.82) is 0 Å². The van der Waals surface area contributed by atoms with Crippen molar-refractivity contribution in [1.82, 2.24) is 4.98 Å². The fourth-order valence-corrected chi connectivity index (χ4v) is 1.69. The van der Waals surface area contributed by atoms with Crippen LogP contribution in [0.15, 0.2) is 24.3 Å². The highest BCUT2D eigenvalue weighted by atomic mass is 35.5. The molecule has 1 aromatic heterocycles. The molecule has 14 heavy (non-hydrogen) atoms. The molecule has 1 aromatic carbocycles. The predicted molar refractivity (Wildman–Crippen MR) is 57.8 cm³/mol. The molecule has 0 fully saturated rings. The number of hydrogen-bond acceptors (Lipinski definition) is 2. The Morgan fingerprint density at radius 2 is 2.14 bits per heavy atom. The van der Waals surface area contributed by atoms with Crippen LogP contribution in [0.1, 0.15) is 12.6 Å². The van der Waals surface area contributed by atoms with Gasteiger partial charge < -0.3 is 5.11 Å². The second-order valence-electron chi connectivity index (χ2n) is 3.15. The number of aromatic nitrogens is 1. The van der Waals surface area contributed by atoms with Crippen LogP contribution in [-0.2, 0) is 6.42 Å². The maximum absolute atomic E-state index is 9.30. The third kappa shape index (κ3) is 1.53. The Bertz CT molecular complexity index is 482. The van der Waals surface area contributed by atoms with Crippen LogP contribution in [0.3, 0.4) is 0 Å². The summed E-state index contributed by atoms with van der Waals surface area (Å²) in [6, 6.07) is 6.88. The van der Waals surface area contributed by atoms with Gasteiger partial charge in [-0.2, -0.15) is 0 Å². The van der Waals surface area contributed by atoms with E-state index in [0.717, 1.165) is 23.0 Å². The molecule has 0 saturated heterocycles. The Hall–Kier alpha value is -1.28. The molecule has 1 heterocycles. The molecule has 72 valence electrons. The number of fused-ring (bicyclic) bond motifs is 1. The van der Waals surface area contributed by atoms with Gasteiger partial charge in [-0.25, -0.2) is 0 Å². The number of phenolic OH excluding ortho intramolecular Hbond substituents is 1. The standard InChI is InChI=1S/C11H10ClNO/c1-2-7-5-10(12)9-4-3-8(14)6-11(9)13-7/h3-6,14H,2H2,1H3. The lowest BCUT2D eigenvalue weighted by atomic mass is 10.2. The van der Waals surface area contributed by atoms with E-state index in [-0.39, 0.29) is 5.75 Å². The Kier molecular flexibility index (Phi) is 2.30. The highest BCUT2D eigenvalue weighted by Gasteiger charge is 2.03. The van der Waals surface area contributed by atoms with Crippen molar-refractivity contribution < 1.29 is 5.11 Å². The maximum atomic E-state index is 9.30. The van der Waals surface area contributed by atoms with Crippen LogP contribution in [-0.4, -0.2) is 10.1 Å². The van der Waals surface area contributed by atoms with Crippen LogP contribution < -0.4 is 0 Å². The minimum Gasteiger partial charge on any atom is -0.508 e. The zero-order valence-corrected chi connectivity index (χ0v) is 8.54. The van der Waals surface area contributed by atoms with E-state index in [0.29, 0.717) is 5.02 Å². The van der Waals surface area contributed by atoms with Gasteiger partial charge in [0.1, 0.15) is 5.75 Å². The largest absolute Gasteiger partial charge is 0.508 e. The summed E-state index contributed by atoms with van der Waals surface area (Å²) in [7, 11) is 0. The fourth-order valence-electron chi connectivity index (χ4n) is 1.41. The van der Waals surface area contributed by atoms with Crippen LogP contribution in [0.25, 0.3) is 10.9 Å². The number of benzene rings is 1. The zero-order valence-electron chi connectivity index (χ0n) is 7.79. The quantitative estimate of drug-likeness (QED) is 0.779. The topological polar surface area (TPSA) is 33.1 Å². The summed E-state index contributed by atoms with van der Waals surface area (Å²) in [6.07, 6.45) is 0.839. The SMILES string of the molecule is CCc1cc(Cl)c2ccc(O)cc2n1. The number of aromatic hydroxyl groups is 1. The second kappa shape index (κ2) is 3.46. The Labute approximate surface area is 87.2 Å². The van der Waals surface area contributed by atoms with E-state index >= 15 is 0 Å². The average Bonchev–Trinajstić information content (AvgIpc) is 2.16. The summed E-state index contributed by atoms with van der Waals surface area (Å²) in [5.74, 6) is 0.217. The van der Waals surface area contributed by atoms with E-state index in [9.17, 15) is 5.11 Å². The van der Waals surface area contributed by atoms with E-state index in [1.165, 1.54) is 0 Å². The molecule has 2 rings (SSSR count). The molecule has 0 aliphatic heterocycles. The third-order valence-corrected chi connectivity index (χ3v) is 2.47. The predicted octanol–water partition coefficient (Wildman–Crippen LogP) is 3.16. The van der Waals surface area contributed by atoms with Gasteiger partial charge in [-0.05, 0) is 24.6 Å². The van der Waals surface area contributed by atoms with Gasteiger partial charge >= 0.3 is 0 Å². The molecule has 0 amide bonds. The summed E-state index contributed by atoms with van der Waals surface area (Å²) in [5, 5.41) is 10.9. The molecule has 0 saturated carbocycles. The highest BCUT2D eigenvalue weighted by molar-refractivity contribution is 6.35. The van der Waals surface area contributed by atoms with Gasteiger partial charge in [0, 0.05) is 17.1 Å². The lowest BCUT2D eigenvalue weighted by molar-refractivity contribution is 0.476.